The van der Waals surface area contributed by atoms with Crippen molar-refractivity contribution in [3.63, 3.8) is 0 Å². The Morgan fingerprint density at radius 3 is 2.53 bits per heavy atom. The Bertz CT molecular complexity index is 1700. The lowest BCUT2D eigenvalue weighted by Gasteiger charge is -2.17. The molecule has 0 saturated carbocycles. The van der Waals surface area contributed by atoms with Crippen molar-refractivity contribution >= 4 is 40.1 Å². The molecular formula is C29H21BN4O2. The number of para-hydroxylation sites is 3. The fourth-order valence-electron chi connectivity index (χ4n) is 4.95. The second-order valence-electron chi connectivity index (χ2n) is 8.80. The predicted molar refractivity (Wildman–Crippen MR) is 144 cm³/mol. The summed E-state index contributed by atoms with van der Waals surface area (Å²) < 4.78 is 14.6. The first kappa shape index (κ1) is 20.6. The Morgan fingerprint density at radius 1 is 0.750 bits per heavy atom. The standard InChI is InChI=1S/C29H21BN4O2/c1-33-26-13-4-5-14-27(26)36-30(33)20-8-6-9-21(18-20)35-22-15-17-31-28(19-22)34-25-12-3-2-10-23(25)24-11-7-16-32-29(24)34/h2-19H,1H3. The number of rotatable bonds is 4. The largest absolute Gasteiger partial charge is 0.536 e. The van der Waals surface area contributed by atoms with Crippen molar-refractivity contribution in [3.8, 4) is 23.1 Å². The molecule has 1 aliphatic heterocycles. The minimum Gasteiger partial charge on any atom is -0.536 e. The molecule has 0 N–H and O–H groups in total. The zero-order valence-electron chi connectivity index (χ0n) is 19.6. The van der Waals surface area contributed by atoms with Crippen molar-refractivity contribution in [1.29, 1.82) is 0 Å². The van der Waals surface area contributed by atoms with E-state index in [0.29, 0.717) is 5.75 Å². The summed E-state index contributed by atoms with van der Waals surface area (Å²) in [5.41, 5.74) is 4.02. The number of ether oxygens (including phenoxy) is 1. The summed E-state index contributed by atoms with van der Waals surface area (Å²) in [5, 5.41) is 2.23. The number of pyridine rings is 2. The third kappa shape index (κ3) is 3.28. The van der Waals surface area contributed by atoms with Gasteiger partial charge in [0.1, 0.15) is 28.7 Å². The minimum atomic E-state index is -0.206. The van der Waals surface area contributed by atoms with Gasteiger partial charge in [0.2, 0.25) is 0 Å². The molecule has 6 nitrogen and oxygen atoms in total. The molecule has 4 heterocycles. The Labute approximate surface area is 208 Å². The van der Waals surface area contributed by atoms with Gasteiger partial charge in [0.25, 0.3) is 0 Å². The lowest BCUT2D eigenvalue weighted by atomic mass is 9.72. The molecular weight excluding hydrogens is 447 g/mol. The number of hydrogen-bond donors (Lipinski definition) is 0. The highest BCUT2D eigenvalue weighted by Crippen LogP contribution is 2.35. The molecule has 0 spiro atoms. The highest BCUT2D eigenvalue weighted by atomic mass is 16.5. The fraction of sp³-hybridized carbons (Fsp3) is 0.0345. The highest BCUT2D eigenvalue weighted by molar-refractivity contribution is 6.73. The van der Waals surface area contributed by atoms with Gasteiger partial charge < -0.3 is 14.2 Å². The first-order valence-electron chi connectivity index (χ1n) is 11.8. The second kappa shape index (κ2) is 8.17. The van der Waals surface area contributed by atoms with Crippen LogP contribution >= 0.6 is 0 Å². The van der Waals surface area contributed by atoms with Crippen LogP contribution in [0.4, 0.5) is 5.69 Å². The maximum Gasteiger partial charge on any atom is 0.519 e. The van der Waals surface area contributed by atoms with Crippen molar-refractivity contribution < 1.29 is 9.39 Å². The van der Waals surface area contributed by atoms with E-state index in [9.17, 15) is 0 Å². The summed E-state index contributed by atoms with van der Waals surface area (Å²) >= 11 is 0. The van der Waals surface area contributed by atoms with Gasteiger partial charge in [-0.2, -0.15) is 0 Å². The summed E-state index contributed by atoms with van der Waals surface area (Å²) in [6.45, 7) is 0. The molecule has 6 aromatic rings. The molecule has 7 heteroatoms. The van der Waals surface area contributed by atoms with Crippen LogP contribution in [-0.4, -0.2) is 28.6 Å². The zero-order chi connectivity index (χ0) is 24.1. The van der Waals surface area contributed by atoms with Crippen LogP contribution < -0.4 is 19.7 Å². The Morgan fingerprint density at radius 2 is 1.58 bits per heavy atom. The van der Waals surface area contributed by atoms with Gasteiger partial charge in [-0.25, -0.2) is 9.97 Å². The average molecular weight is 468 g/mol. The molecule has 0 atom stereocenters. The molecule has 0 amide bonds. The van der Waals surface area contributed by atoms with Crippen molar-refractivity contribution in [2.45, 2.75) is 0 Å². The van der Waals surface area contributed by atoms with Crippen molar-refractivity contribution in [2.75, 3.05) is 11.9 Å². The van der Waals surface area contributed by atoms with Crippen molar-refractivity contribution in [2.24, 2.45) is 0 Å². The molecule has 3 aromatic carbocycles. The monoisotopic (exact) mass is 468 g/mol. The Hall–Kier alpha value is -4.78. The van der Waals surface area contributed by atoms with Crippen LogP contribution in [0, 0.1) is 0 Å². The molecule has 0 radical (unpaired) electrons. The summed E-state index contributed by atoms with van der Waals surface area (Å²) in [6, 6.07) is 32.2. The number of fused-ring (bicyclic) bond motifs is 4. The number of aromatic nitrogens is 3. The van der Waals surface area contributed by atoms with E-state index in [1.807, 2.05) is 80.0 Å². The van der Waals surface area contributed by atoms with Crippen LogP contribution in [0.1, 0.15) is 0 Å². The quantitative estimate of drug-likeness (QED) is 0.316. The average Bonchev–Trinajstić information content (AvgIpc) is 3.44. The van der Waals surface area contributed by atoms with E-state index < -0.39 is 0 Å². The SMILES string of the molecule is CN1B(c2cccc(Oc3ccnc(-n4c5ccccc5c5cccnc54)c3)c2)Oc2ccccc21. The molecule has 0 aliphatic carbocycles. The van der Waals surface area contributed by atoms with E-state index in [1.165, 1.54) is 0 Å². The zero-order valence-corrected chi connectivity index (χ0v) is 19.6. The van der Waals surface area contributed by atoms with Crippen LogP contribution in [0.5, 0.6) is 17.2 Å². The third-order valence-electron chi connectivity index (χ3n) is 6.59. The maximum atomic E-state index is 6.31. The molecule has 0 fully saturated rings. The predicted octanol–water partition coefficient (Wildman–Crippen LogP) is 5.59. The van der Waals surface area contributed by atoms with Crippen LogP contribution in [0.15, 0.2) is 109 Å². The lowest BCUT2D eigenvalue weighted by molar-refractivity contribution is 0.482. The van der Waals surface area contributed by atoms with Gasteiger partial charge in [0.15, 0.2) is 0 Å². The minimum absolute atomic E-state index is 0.206. The lowest BCUT2D eigenvalue weighted by Crippen LogP contribution is -2.47. The number of benzene rings is 3. The first-order valence-corrected chi connectivity index (χ1v) is 11.8. The molecule has 1 aliphatic rings. The summed E-state index contributed by atoms with van der Waals surface area (Å²) in [7, 11) is 1.83. The molecule has 3 aromatic heterocycles. The first-order chi connectivity index (χ1) is 17.8. The van der Waals surface area contributed by atoms with Crippen molar-refractivity contribution in [1.82, 2.24) is 14.5 Å². The van der Waals surface area contributed by atoms with E-state index in [1.54, 1.807) is 6.20 Å². The van der Waals surface area contributed by atoms with Gasteiger partial charge >= 0.3 is 7.05 Å². The Kier molecular flexibility index (Phi) is 4.67. The second-order valence-corrected chi connectivity index (χ2v) is 8.80. The molecule has 36 heavy (non-hydrogen) atoms. The smallest absolute Gasteiger partial charge is 0.519 e. The van der Waals surface area contributed by atoms with Crippen LogP contribution in [0.3, 0.4) is 0 Å². The fourth-order valence-corrected chi connectivity index (χ4v) is 4.95. The normalized spacial score (nSPS) is 12.7. The maximum absolute atomic E-state index is 6.31. The molecule has 0 bridgehead atoms. The molecule has 0 saturated heterocycles. The Balaban J connectivity index is 1.23. The topological polar surface area (TPSA) is 52.4 Å². The number of nitrogens with zero attached hydrogens (tertiary/aromatic N) is 4. The van der Waals surface area contributed by atoms with E-state index in [4.69, 9.17) is 9.39 Å². The highest BCUT2D eigenvalue weighted by Gasteiger charge is 2.35. The van der Waals surface area contributed by atoms with E-state index in [2.05, 4.69) is 49.7 Å². The molecule has 172 valence electrons. The van der Waals surface area contributed by atoms with Gasteiger partial charge in [-0.15, -0.1) is 0 Å². The van der Waals surface area contributed by atoms with E-state index in [-0.39, 0.29) is 7.05 Å². The third-order valence-corrected chi connectivity index (χ3v) is 6.59. The van der Waals surface area contributed by atoms with Gasteiger partial charge in [-0.05, 0) is 61.0 Å². The number of hydrogen-bond acceptors (Lipinski definition) is 5. The van der Waals surface area contributed by atoms with E-state index in [0.717, 1.165) is 50.4 Å². The van der Waals surface area contributed by atoms with Crippen molar-refractivity contribution in [3.05, 3.63) is 109 Å². The van der Waals surface area contributed by atoms with Gasteiger partial charge in [-0.3, -0.25) is 4.57 Å². The van der Waals surface area contributed by atoms with Gasteiger partial charge in [0.05, 0.1) is 11.2 Å². The molecule has 0 unspecified atom stereocenters. The van der Waals surface area contributed by atoms with E-state index >= 15 is 0 Å². The summed E-state index contributed by atoms with van der Waals surface area (Å²) in [4.78, 5) is 11.4. The van der Waals surface area contributed by atoms with Gasteiger partial charge in [-0.1, -0.05) is 42.5 Å². The summed E-state index contributed by atoms with van der Waals surface area (Å²) in [6.07, 6.45) is 3.58. The number of anilines is 1. The van der Waals surface area contributed by atoms with Crippen LogP contribution in [-0.2, 0) is 0 Å². The van der Waals surface area contributed by atoms with Gasteiger partial charge in [0, 0.05) is 29.2 Å². The van der Waals surface area contributed by atoms with Crippen LogP contribution in [0.2, 0.25) is 0 Å². The molecule has 7 rings (SSSR count). The summed E-state index contributed by atoms with van der Waals surface area (Å²) in [5.74, 6) is 3.07. The van der Waals surface area contributed by atoms with Crippen LogP contribution in [0.25, 0.3) is 27.8 Å².